The monoisotopic (exact) mass is 238 g/mol. The second-order valence-electron chi connectivity index (χ2n) is 6.51. The molecule has 0 aromatic rings. The maximum Gasteiger partial charge on any atom is 0.00965 e. The summed E-state index contributed by atoms with van der Waals surface area (Å²) in [6.45, 7) is 10.9. The molecule has 0 heterocycles. The van der Waals surface area contributed by atoms with Crippen molar-refractivity contribution in [1.29, 1.82) is 0 Å². The zero-order chi connectivity index (χ0) is 12.3. The molecule has 2 rings (SSSR count). The Bertz CT molecular complexity index is 233. The van der Waals surface area contributed by atoms with Gasteiger partial charge in [0.05, 0.1) is 0 Å². The molecular formula is C15H30N2. The topological polar surface area (TPSA) is 15.3 Å². The molecule has 100 valence electrons. The molecule has 2 aliphatic carbocycles. The van der Waals surface area contributed by atoms with Gasteiger partial charge in [-0.15, -0.1) is 0 Å². The predicted octanol–water partition coefficient (Wildman–Crippen LogP) is 3.03. The highest BCUT2D eigenvalue weighted by Gasteiger charge is 2.34. The molecule has 0 bridgehead atoms. The fourth-order valence-corrected chi connectivity index (χ4v) is 2.93. The van der Waals surface area contributed by atoms with Gasteiger partial charge in [-0.3, -0.25) is 0 Å². The lowest BCUT2D eigenvalue weighted by molar-refractivity contribution is 0.147. The number of hydrogen-bond donors (Lipinski definition) is 1. The molecule has 2 heteroatoms. The summed E-state index contributed by atoms with van der Waals surface area (Å²) in [4.78, 5) is 2.71. The van der Waals surface area contributed by atoms with Crippen LogP contribution in [0.2, 0.25) is 0 Å². The van der Waals surface area contributed by atoms with Crippen LogP contribution in [0, 0.1) is 5.41 Å². The van der Waals surface area contributed by atoms with Gasteiger partial charge in [0.25, 0.3) is 0 Å². The quantitative estimate of drug-likeness (QED) is 0.664. The highest BCUT2D eigenvalue weighted by molar-refractivity contribution is 4.91. The van der Waals surface area contributed by atoms with Crippen molar-refractivity contribution in [1.82, 2.24) is 10.2 Å². The van der Waals surface area contributed by atoms with E-state index in [1.807, 2.05) is 0 Å². The second-order valence-corrected chi connectivity index (χ2v) is 6.51. The molecule has 2 aliphatic rings. The van der Waals surface area contributed by atoms with E-state index in [0.29, 0.717) is 5.41 Å². The van der Waals surface area contributed by atoms with Crippen LogP contribution < -0.4 is 5.32 Å². The van der Waals surface area contributed by atoms with Crippen LogP contribution in [-0.2, 0) is 0 Å². The van der Waals surface area contributed by atoms with E-state index < -0.39 is 0 Å². The molecule has 2 saturated carbocycles. The lowest BCUT2D eigenvalue weighted by Gasteiger charge is -2.35. The van der Waals surface area contributed by atoms with Gasteiger partial charge in [-0.05, 0) is 44.1 Å². The third-order valence-corrected chi connectivity index (χ3v) is 4.30. The zero-order valence-corrected chi connectivity index (χ0v) is 12.0. The number of nitrogens with zero attached hydrogens (tertiary/aromatic N) is 1. The lowest BCUT2D eigenvalue weighted by Crippen LogP contribution is -2.43. The van der Waals surface area contributed by atoms with Crippen LogP contribution >= 0.6 is 0 Å². The van der Waals surface area contributed by atoms with Crippen molar-refractivity contribution in [3.63, 3.8) is 0 Å². The van der Waals surface area contributed by atoms with E-state index in [4.69, 9.17) is 0 Å². The fraction of sp³-hybridized carbons (Fsp3) is 1.00. The summed E-state index contributed by atoms with van der Waals surface area (Å²) in [7, 11) is 0. The molecule has 0 radical (unpaired) electrons. The van der Waals surface area contributed by atoms with Crippen LogP contribution in [0.5, 0.6) is 0 Å². The van der Waals surface area contributed by atoms with Crippen molar-refractivity contribution in [3.05, 3.63) is 0 Å². The van der Waals surface area contributed by atoms with Gasteiger partial charge in [-0.1, -0.05) is 27.2 Å². The van der Waals surface area contributed by atoms with Crippen LogP contribution in [-0.4, -0.2) is 36.6 Å². The Kier molecular flexibility index (Phi) is 4.48. The molecule has 2 nitrogen and oxygen atoms in total. The van der Waals surface area contributed by atoms with E-state index in [2.05, 4.69) is 31.0 Å². The van der Waals surface area contributed by atoms with E-state index in [-0.39, 0.29) is 0 Å². The smallest absolute Gasteiger partial charge is 0.00965 e. The van der Waals surface area contributed by atoms with Crippen LogP contribution in [0.25, 0.3) is 0 Å². The van der Waals surface area contributed by atoms with E-state index in [1.165, 1.54) is 58.2 Å². The largest absolute Gasteiger partial charge is 0.313 e. The first-order valence-electron chi connectivity index (χ1n) is 7.64. The molecule has 0 aliphatic heterocycles. The molecule has 1 unspecified atom stereocenters. The molecule has 1 atom stereocenters. The zero-order valence-electron chi connectivity index (χ0n) is 12.0. The van der Waals surface area contributed by atoms with E-state index in [1.54, 1.807) is 0 Å². The van der Waals surface area contributed by atoms with Gasteiger partial charge in [0, 0.05) is 25.2 Å². The highest BCUT2D eigenvalue weighted by Crippen LogP contribution is 2.32. The molecule has 17 heavy (non-hydrogen) atoms. The Labute approximate surface area is 107 Å². The second kappa shape index (κ2) is 5.71. The molecule has 1 N–H and O–H groups in total. The first-order valence-corrected chi connectivity index (χ1v) is 7.64. The van der Waals surface area contributed by atoms with Crippen LogP contribution in [0.1, 0.15) is 59.3 Å². The Hall–Kier alpha value is -0.0800. The van der Waals surface area contributed by atoms with E-state index in [0.717, 1.165) is 12.1 Å². The number of rotatable bonds is 9. The van der Waals surface area contributed by atoms with E-state index in [9.17, 15) is 0 Å². The summed E-state index contributed by atoms with van der Waals surface area (Å²) in [5.74, 6) is 0. The average molecular weight is 238 g/mol. The van der Waals surface area contributed by atoms with Crippen LogP contribution in [0.15, 0.2) is 0 Å². The molecule has 0 saturated heterocycles. The Morgan fingerprint density at radius 1 is 1.18 bits per heavy atom. The first kappa shape index (κ1) is 13.4. The van der Waals surface area contributed by atoms with Crippen LogP contribution in [0.3, 0.4) is 0 Å². The normalized spacial score (nSPS) is 24.0. The Morgan fingerprint density at radius 3 is 2.35 bits per heavy atom. The van der Waals surface area contributed by atoms with Crippen molar-refractivity contribution in [2.75, 3.05) is 19.6 Å². The Balaban J connectivity index is 1.83. The van der Waals surface area contributed by atoms with E-state index >= 15 is 0 Å². The van der Waals surface area contributed by atoms with Crippen molar-refractivity contribution in [3.8, 4) is 0 Å². The van der Waals surface area contributed by atoms with Crippen molar-refractivity contribution < 1.29 is 0 Å². The van der Waals surface area contributed by atoms with Crippen LogP contribution in [0.4, 0.5) is 0 Å². The molecule has 2 fully saturated rings. The molecule has 0 aromatic heterocycles. The van der Waals surface area contributed by atoms with Gasteiger partial charge < -0.3 is 10.2 Å². The summed E-state index contributed by atoms with van der Waals surface area (Å²) in [5, 5.41) is 3.74. The van der Waals surface area contributed by atoms with Gasteiger partial charge in [0.1, 0.15) is 0 Å². The van der Waals surface area contributed by atoms with Crippen molar-refractivity contribution >= 4 is 0 Å². The van der Waals surface area contributed by atoms with Gasteiger partial charge in [-0.25, -0.2) is 0 Å². The summed E-state index contributed by atoms with van der Waals surface area (Å²) >= 11 is 0. The average Bonchev–Trinajstić information content (AvgIpc) is 3.17. The van der Waals surface area contributed by atoms with Gasteiger partial charge in [0.15, 0.2) is 0 Å². The van der Waals surface area contributed by atoms with Crippen molar-refractivity contribution in [2.45, 2.75) is 71.4 Å². The fourth-order valence-electron chi connectivity index (χ4n) is 2.93. The molecule has 0 amide bonds. The maximum absolute atomic E-state index is 3.74. The molecule has 0 aromatic carbocycles. The SMILES string of the molecule is CCCC(C)(CNC1CC1)CN(CC)C1CC1. The minimum absolute atomic E-state index is 0.482. The summed E-state index contributed by atoms with van der Waals surface area (Å²) in [6.07, 6.45) is 8.35. The third kappa shape index (κ3) is 4.26. The highest BCUT2D eigenvalue weighted by atomic mass is 15.2. The maximum atomic E-state index is 3.74. The summed E-state index contributed by atoms with van der Waals surface area (Å²) in [5.41, 5.74) is 0.482. The summed E-state index contributed by atoms with van der Waals surface area (Å²) < 4.78 is 0. The van der Waals surface area contributed by atoms with Gasteiger partial charge in [0.2, 0.25) is 0 Å². The van der Waals surface area contributed by atoms with Gasteiger partial charge >= 0.3 is 0 Å². The van der Waals surface area contributed by atoms with Gasteiger partial charge in [-0.2, -0.15) is 0 Å². The predicted molar refractivity (Wildman–Crippen MR) is 74.3 cm³/mol. The first-order chi connectivity index (χ1) is 8.17. The lowest BCUT2D eigenvalue weighted by atomic mass is 9.84. The Morgan fingerprint density at radius 2 is 1.88 bits per heavy atom. The minimum Gasteiger partial charge on any atom is -0.313 e. The molecular weight excluding hydrogens is 208 g/mol. The minimum atomic E-state index is 0.482. The number of hydrogen-bond acceptors (Lipinski definition) is 2. The third-order valence-electron chi connectivity index (χ3n) is 4.30. The molecule has 0 spiro atoms. The summed E-state index contributed by atoms with van der Waals surface area (Å²) in [6, 6.07) is 1.76. The standard InChI is InChI=1S/C15H30N2/c1-4-10-15(3,11-16-13-6-7-13)12-17(5-2)14-8-9-14/h13-14,16H,4-12H2,1-3H3. The van der Waals surface area contributed by atoms with Crippen molar-refractivity contribution in [2.24, 2.45) is 5.41 Å². The number of nitrogens with one attached hydrogen (secondary N) is 1.